The minimum Gasteiger partial charge on any atom is -0.389 e. The van der Waals surface area contributed by atoms with Crippen molar-refractivity contribution in [2.75, 3.05) is 0 Å². The molecule has 0 radical (unpaired) electrons. The molecule has 0 atom stereocenters. The van der Waals surface area contributed by atoms with E-state index < -0.39 is 0 Å². The molecule has 0 spiro atoms. The Labute approximate surface area is 130 Å². The van der Waals surface area contributed by atoms with Gasteiger partial charge in [-0.2, -0.15) is 0 Å². The van der Waals surface area contributed by atoms with Crippen molar-refractivity contribution in [2.45, 2.75) is 6.61 Å². The number of rotatable bonds is 4. The lowest BCUT2D eigenvalue weighted by atomic mass is 10.2. The van der Waals surface area contributed by atoms with Crippen LogP contribution >= 0.6 is 23.2 Å². The lowest BCUT2D eigenvalue weighted by molar-refractivity contribution is 0.0694. The van der Waals surface area contributed by atoms with Crippen LogP contribution in [0.1, 0.15) is 5.56 Å². The fraction of sp³-hybridized carbons (Fsp3) is 0.0769. The average molecular weight is 322 g/mol. The molecule has 2 heterocycles. The number of halogens is 2. The van der Waals surface area contributed by atoms with Crippen molar-refractivity contribution >= 4 is 23.2 Å². The van der Waals surface area contributed by atoms with Gasteiger partial charge in [0.05, 0.1) is 0 Å². The maximum atomic E-state index is 5.86. The third kappa shape index (κ3) is 3.29. The molecule has 8 heteroatoms. The van der Waals surface area contributed by atoms with E-state index in [1.54, 1.807) is 30.5 Å². The van der Waals surface area contributed by atoms with E-state index in [-0.39, 0.29) is 6.61 Å². The molecular formula is C13H9Cl2N5O. The molecule has 3 rings (SSSR count). The van der Waals surface area contributed by atoms with Crippen molar-refractivity contribution in [3.05, 3.63) is 58.3 Å². The lowest BCUT2D eigenvalue weighted by Crippen LogP contribution is -2.14. The van der Waals surface area contributed by atoms with Gasteiger partial charge in [0.25, 0.3) is 0 Å². The second kappa shape index (κ2) is 6.07. The van der Waals surface area contributed by atoms with Crippen LogP contribution in [-0.2, 0) is 6.61 Å². The van der Waals surface area contributed by atoms with Crippen molar-refractivity contribution in [1.29, 1.82) is 0 Å². The Morgan fingerprint density at radius 2 is 1.90 bits per heavy atom. The highest BCUT2D eigenvalue weighted by Crippen LogP contribution is 2.18. The maximum Gasteiger partial charge on any atom is 0.222 e. The van der Waals surface area contributed by atoms with Crippen LogP contribution in [0, 0.1) is 0 Å². The van der Waals surface area contributed by atoms with E-state index in [9.17, 15) is 0 Å². The molecule has 6 nitrogen and oxygen atoms in total. The summed E-state index contributed by atoms with van der Waals surface area (Å²) in [6.07, 6.45) is 1.61. The second-order valence-electron chi connectivity index (χ2n) is 4.14. The van der Waals surface area contributed by atoms with Crippen molar-refractivity contribution in [2.24, 2.45) is 0 Å². The zero-order valence-electron chi connectivity index (χ0n) is 10.6. The van der Waals surface area contributed by atoms with Crippen molar-refractivity contribution in [1.82, 2.24) is 25.4 Å². The van der Waals surface area contributed by atoms with Gasteiger partial charge in [0.2, 0.25) is 5.82 Å². The summed E-state index contributed by atoms with van der Waals surface area (Å²) in [4.78, 5) is 10.7. The van der Waals surface area contributed by atoms with Gasteiger partial charge in [0.1, 0.15) is 11.8 Å². The van der Waals surface area contributed by atoms with Gasteiger partial charge in [-0.25, -0.2) is 4.98 Å². The predicted octanol–water partition coefficient (Wildman–Crippen LogP) is 2.67. The Bertz CT molecular complexity index is 744. The van der Waals surface area contributed by atoms with E-state index in [1.807, 2.05) is 12.1 Å². The number of hydrogen-bond donors (Lipinski definition) is 0. The normalized spacial score (nSPS) is 10.6. The summed E-state index contributed by atoms with van der Waals surface area (Å²) in [5, 5.41) is 12.4. The highest BCUT2D eigenvalue weighted by Gasteiger charge is 2.10. The second-order valence-corrected chi connectivity index (χ2v) is 4.97. The van der Waals surface area contributed by atoms with Gasteiger partial charge >= 0.3 is 0 Å². The number of benzene rings is 1. The summed E-state index contributed by atoms with van der Waals surface area (Å²) < 4.78 is 0. The molecular weight excluding hydrogens is 313 g/mol. The Kier molecular flexibility index (Phi) is 3.98. The molecule has 21 heavy (non-hydrogen) atoms. The molecule has 0 N–H and O–H groups in total. The van der Waals surface area contributed by atoms with Gasteiger partial charge < -0.3 is 4.84 Å². The number of pyridine rings is 1. The van der Waals surface area contributed by atoms with Crippen LogP contribution in [-0.4, -0.2) is 25.4 Å². The molecule has 106 valence electrons. The predicted molar refractivity (Wildman–Crippen MR) is 77.8 cm³/mol. The lowest BCUT2D eigenvalue weighted by Gasteiger charge is -2.07. The molecule has 3 aromatic rings. The van der Waals surface area contributed by atoms with E-state index in [4.69, 9.17) is 28.0 Å². The SMILES string of the molecule is Clc1ccc(-c2nnnn2OCc2ccnc(Cl)c2)cc1. The number of tetrazole rings is 1. The number of nitrogens with zero attached hydrogens (tertiary/aromatic N) is 5. The molecule has 0 fully saturated rings. The largest absolute Gasteiger partial charge is 0.389 e. The van der Waals surface area contributed by atoms with Gasteiger partial charge in [0.15, 0.2) is 0 Å². The standard InChI is InChI=1S/C13H9Cl2N5O/c14-11-3-1-10(2-4-11)13-17-18-19-20(13)21-8-9-5-6-16-12(15)7-9/h1-7H,8H2. The topological polar surface area (TPSA) is 65.7 Å². The first-order chi connectivity index (χ1) is 10.2. The smallest absolute Gasteiger partial charge is 0.222 e. The van der Waals surface area contributed by atoms with Crippen LogP contribution < -0.4 is 4.84 Å². The average Bonchev–Trinajstić information content (AvgIpc) is 2.94. The Morgan fingerprint density at radius 1 is 1.10 bits per heavy atom. The van der Waals surface area contributed by atoms with Gasteiger partial charge in [-0.3, -0.25) is 0 Å². The maximum absolute atomic E-state index is 5.86. The summed E-state index contributed by atoms with van der Waals surface area (Å²) in [7, 11) is 0. The van der Waals surface area contributed by atoms with E-state index in [2.05, 4.69) is 20.5 Å². The van der Waals surface area contributed by atoms with Crippen LogP contribution in [0.5, 0.6) is 0 Å². The van der Waals surface area contributed by atoms with Crippen molar-refractivity contribution in [3.63, 3.8) is 0 Å². The molecule has 0 saturated heterocycles. The summed E-state index contributed by atoms with van der Waals surface area (Å²) in [5.74, 6) is 0.492. The Hall–Kier alpha value is -2.18. The summed E-state index contributed by atoms with van der Waals surface area (Å²) >= 11 is 11.7. The highest BCUT2D eigenvalue weighted by atomic mass is 35.5. The van der Waals surface area contributed by atoms with E-state index in [1.165, 1.54) is 4.85 Å². The molecule has 0 bridgehead atoms. The van der Waals surface area contributed by atoms with E-state index in [0.29, 0.717) is 16.0 Å². The third-order valence-corrected chi connectivity index (χ3v) is 3.15. The fourth-order valence-electron chi connectivity index (χ4n) is 1.70. The van der Waals surface area contributed by atoms with Crippen LogP contribution in [0.2, 0.25) is 10.2 Å². The first-order valence-corrected chi connectivity index (χ1v) is 6.76. The zero-order chi connectivity index (χ0) is 14.7. The number of aromatic nitrogens is 5. The summed E-state index contributed by atoms with van der Waals surface area (Å²) in [6.45, 7) is 0.272. The van der Waals surface area contributed by atoms with E-state index >= 15 is 0 Å². The van der Waals surface area contributed by atoms with Crippen molar-refractivity contribution < 1.29 is 4.84 Å². The van der Waals surface area contributed by atoms with Gasteiger partial charge in [0, 0.05) is 16.8 Å². The highest BCUT2D eigenvalue weighted by molar-refractivity contribution is 6.30. The first kappa shape index (κ1) is 13.8. The summed E-state index contributed by atoms with van der Waals surface area (Å²) in [5.41, 5.74) is 1.67. The minimum absolute atomic E-state index is 0.272. The Balaban J connectivity index is 1.78. The molecule has 0 unspecified atom stereocenters. The molecule has 0 saturated carbocycles. The summed E-state index contributed by atoms with van der Waals surface area (Å²) in [6, 6.07) is 10.7. The molecule has 1 aromatic carbocycles. The quantitative estimate of drug-likeness (QED) is 0.691. The molecule has 0 aliphatic heterocycles. The zero-order valence-corrected chi connectivity index (χ0v) is 12.2. The minimum atomic E-state index is 0.272. The first-order valence-electron chi connectivity index (χ1n) is 6.00. The monoisotopic (exact) mass is 321 g/mol. The fourth-order valence-corrected chi connectivity index (χ4v) is 2.02. The van der Waals surface area contributed by atoms with E-state index in [0.717, 1.165) is 11.1 Å². The van der Waals surface area contributed by atoms with Gasteiger partial charge in [-0.05, 0) is 52.4 Å². The molecule has 0 aliphatic rings. The molecule has 0 amide bonds. The molecule has 2 aromatic heterocycles. The van der Waals surface area contributed by atoms with Gasteiger partial charge in [-0.1, -0.05) is 28.0 Å². The van der Waals surface area contributed by atoms with Crippen LogP contribution in [0.25, 0.3) is 11.4 Å². The van der Waals surface area contributed by atoms with Crippen LogP contribution in [0.4, 0.5) is 0 Å². The number of hydrogen-bond acceptors (Lipinski definition) is 5. The van der Waals surface area contributed by atoms with Crippen LogP contribution in [0.15, 0.2) is 42.6 Å². The molecule has 0 aliphatic carbocycles. The van der Waals surface area contributed by atoms with Crippen LogP contribution in [0.3, 0.4) is 0 Å². The van der Waals surface area contributed by atoms with Crippen molar-refractivity contribution in [3.8, 4) is 11.4 Å². The van der Waals surface area contributed by atoms with Gasteiger partial charge in [-0.15, -0.1) is 5.10 Å². The third-order valence-electron chi connectivity index (χ3n) is 2.69. The Morgan fingerprint density at radius 3 is 2.67 bits per heavy atom.